The van der Waals surface area contributed by atoms with E-state index in [2.05, 4.69) is 4.98 Å². The number of ether oxygens (including phenoxy) is 2. The van der Waals surface area contributed by atoms with E-state index in [1.807, 2.05) is 26.0 Å². The van der Waals surface area contributed by atoms with Gasteiger partial charge < -0.3 is 14.6 Å². The molecule has 0 atom stereocenters. The van der Waals surface area contributed by atoms with E-state index in [1.165, 1.54) is 11.3 Å². The summed E-state index contributed by atoms with van der Waals surface area (Å²) in [7, 11) is 0. The van der Waals surface area contributed by atoms with Gasteiger partial charge in [-0.15, -0.1) is 0 Å². The number of hydrogen-bond acceptors (Lipinski definition) is 6. The molecule has 0 amide bonds. The first-order valence-electron chi connectivity index (χ1n) is 9.53. The Morgan fingerprint density at radius 1 is 1.23 bits per heavy atom. The third-order valence-electron chi connectivity index (χ3n) is 4.82. The van der Waals surface area contributed by atoms with Crippen LogP contribution in [0.5, 0.6) is 11.5 Å². The number of carbonyl (C=O) groups is 1. The predicted octanol–water partition coefficient (Wildman–Crippen LogP) is 3.59. The number of fused-ring (bicyclic) bond motifs is 3. The fourth-order valence-electron chi connectivity index (χ4n) is 3.28. The number of aryl methyl sites for hydroxylation is 2. The number of carboxylic acid groups (broad SMARTS) is 1. The SMILES string of the molecule is CCOc1cc(/C=c2\sc3nc4cc(C)c(C)cc4n3c2=O)cc(Cl)c1OCC(=O)O. The van der Waals surface area contributed by atoms with Crippen molar-refractivity contribution >= 4 is 51.0 Å². The van der Waals surface area contributed by atoms with Crippen LogP contribution < -0.4 is 19.6 Å². The molecule has 0 unspecified atom stereocenters. The smallest absolute Gasteiger partial charge is 0.341 e. The van der Waals surface area contributed by atoms with Crippen molar-refractivity contribution in [1.82, 2.24) is 9.38 Å². The molecule has 4 aromatic rings. The molecule has 0 spiro atoms. The molecule has 0 saturated carbocycles. The molecule has 0 aliphatic heterocycles. The number of aliphatic carboxylic acids is 1. The van der Waals surface area contributed by atoms with Gasteiger partial charge in [-0.2, -0.15) is 0 Å². The molecule has 160 valence electrons. The van der Waals surface area contributed by atoms with Crippen molar-refractivity contribution in [2.45, 2.75) is 20.8 Å². The molecule has 2 heterocycles. The van der Waals surface area contributed by atoms with E-state index in [9.17, 15) is 9.59 Å². The van der Waals surface area contributed by atoms with E-state index in [0.717, 1.165) is 22.2 Å². The number of benzene rings is 2. The average molecular weight is 459 g/mol. The van der Waals surface area contributed by atoms with Crippen LogP contribution in [0.15, 0.2) is 29.1 Å². The molecule has 2 aromatic carbocycles. The maximum absolute atomic E-state index is 13.1. The van der Waals surface area contributed by atoms with Crippen molar-refractivity contribution in [2.75, 3.05) is 13.2 Å². The molecule has 31 heavy (non-hydrogen) atoms. The molecule has 7 nitrogen and oxygen atoms in total. The Labute approximate surface area is 186 Å². The fourth-order valence-corrected chi connectivity index (χ4v) is 4.54. The topological polar surface area (TPSA) is 90.1 Å². The monoisotopic (exact) mass is 458 g/mol. The Kier molecular flexibility index (Phi) is 5.60. The quantitative estimate of drug-likeness (QED) is 0.475. The zero-order chi connectivity index (χ0) is 22.3. The summed E-state index contributed by atoms with van der Waals surface area (Å²) in [5, 5.41) is 9.06. The summed E-state index contributed by atoms with van der Waals surface area (Å²) in [6.07, 6.45) is 1.71. The van der Waals surface area contributed by atoms with Crippen LogP contribution >= 0.6 is 22.9 Å². The van der Waals surface area contributed by atoms with Gasteiger partial charge in [0.25, 0.3) is 5.56 Å². The van der Waals surface area contributed by atoms with Gasteiger partial charge in [0.2, 0.25) is 0 Å². The first-order chi connectivity index (χ1) is 14.8. The van der Waals surface area contributed by atoms with Crippen molar-refractivity contribution in [3.8, 4) is 11.5 Å². The van der Waals surface area contributed by atoms with Crippen LogP contribution in [0.4, 0.5) is 0 Å². The summed E-state index contributed by atoms with van der Waals surface area (Å²) < 4.78 is 13.0. The summed E-state index contributed by atoms with van der Waals surface area (Å²) in [5.41, 5.74) is 4.26. The van der Waals surface area contributed by atoms with Crippen molar-refractivity contribution in [3.63, 3.8) is 0 Å². The first kappa shape index (κ1) is 21.1. The van der Waals surface area contributed by atoms with Gasteiger partial charge in [-0.25, -0.2) is 14.2 Å². The summed E-state index contributed by atoms with van der Waals surface area (Å²) in [6, 6.07) is 7.23. The van der Waals surface area contributed by atoms with Crippen molar-refractivity contribution in [3.05, 3.63) is 60.9 Å². The van der Waals surface area contributed by atoms with E-state index in [-0.39, 0.29) is 16.3 Å². The van der Waals surface area contributed by atoms with E-state index < -0.39 is 12.6 Å². The summed E-state index contributed by atoms with van der Waals surface area (Å²) >= 11 is 7.61. The van der Waals surface area contributed by atoms with E-state index in [4.69, 9.17) is 26.2 Å². The highest BCUT2D eigenvalue weighted by molar-refractivity contribution is 7.15. The molecule has 2 aromatic heterocycles. The third-order valence-corrected chi connectivity index (χ3v) is 6.07. The third kappa shape index (κ3) is 3.96. The van der Waals surface area contributed by atoms with Gasteiger partial charge in [0.05, 0.1) is 27.2 Å². The molecule has 0 fully saturated rings. The molecule has 1 N–H and O–H groups in total. The van der Waals surface area contributed by atoms with Crippen molar-refractivity contribution in [1.29, 1.82) is 0 Å². The minimum Gasteiger partial charge on any atom is -0.490 e. The van der Waals surface area contributed by atoms with E-state index in [0.29, 0.717) is 27.4 Å². The molecular weight excluding hydrogens is 440 g/mol. The lowest BCUT2D eigenvalue weighted by Gasteiger charge is -2.13. The maximum Gasteiger partial charge on any atom is 0.341 e. The van der Waals surface area contributed by atoms with E-state index in [1.54, 1.807) is 29.5 Å². The summed E-state index contributed by atoms with van der Waals surface area (Å²) in [5.74, 6) is -0.652. The number of thiazole rings is 1. The second kappa shape index (κ2) is 8.20. The Bertz CT molecular complexity index is 1440. The Hall–Kier alpha value is -3.10. The minimum absolute atomic E-state index is 0.156. The van der Waals surface area contributed by atoms with Crippen LogP contribution in [0.25, 0.3) is 22.1 Å². The number of hydrogen-bond donors (Lipinski definition) is 1. The number of imidazole rings is 1. The summed E-state index contributed by atoms with van der Waals surface area (Å²) in [4.78, 5) is 29.1. The van der Waals surface area contributed by atoms with Crippen molar-refractivity contribution < 1.29 is 19.4 Å². The molecule has 0 radical (unpaired) electrons. The number of nitrogens with zero attached hydrogens (tertiary/aromatic N) is 2. The minimum atomic E-state index is -1.12. The van der Waals surface area contributed by atoms with Gasteiger partial charge in [0, 0.05) is 0 Å². The highest BCUT2D eigenvalue weighted by Gasteiger charge is 2.15. The average Bonchev–Trinajstić information content (AvgIpc) is 3.18. The van der Waals surface area contributed by atoms with Crippen LogP contribution in [0.1, 0.15) is 23.6 Å². The molecule has 0 aliphatic rings. The van der Waals surface area contributed by atoms with Gasteiger partial charge in [-0.3, -0.25) is 4.79 Å². The molecule has 0 saturated heterocycles. The van der Waals surface area contributed by atoms with Crippen molar-refractivity contribution in [2.24, 2.45) is 0 Å². The Morgan fingerprint density at radius 2 is 1.97 bits per heavy atom. The second-order valence-electron chi connectivity index (χ2n) is 7.02. The van der Waals surface area contributed by atoms with E-state index >= 15 is 0 Å². The molecular formula is C22H19ClN2O5S. The Balaban J connectivity index is 1.84. The first-order valence-corrected chi connectivity index (χ1v) is 10.7. The number of aromatic nitrogens is 2. The van der Waals surface area contributed by atoms with Crippen LogP contribution in [0, 0.1) is 13.8 Å². The lowest BCUT2D eigenvalue weighted by molar-refractivity contribution is -0.139. The van der Waals surface area contributed by atoms with Gasteiger partial charge in [0.1, 0.15) is 0 Å². The Morgan fingerprint density at radius 3 is 2.68 bits per heavy atom. The highest BCUT2D eigenvalue weighted by atomic mass is 35.5. The van der Waals surface area contributed by atoms with Gasteiger partial charge in [0.15, 0.2) is 23.1 Å². The number of carboxylic acids is 1. The van der Waals surface area contributed by atoms with Crippen LogP contribution in [0.3, 0.4) is 0 Å². The predicted molar refractivity (Wildman–Crippen MR) is 121 cm³/mol. The van der Waals surface area contributed by atoms with Crippen LogP contribution in [-0.2, 0) is 4.79 Å². The fraction of sp³-hybridized carbons (Fsp3) is 0.227. The van der Waals surface area contributed by atoms with Gasteiger partial charge >= 0.3 is 5.97 Å². The molecule has 9 heteroatoms. The highest BCUT2D eigenvalue weighted by Crippen LogP contribution is 2.37. The standard InChI is InChI=1S/C22H19ClN2O5S/c1-4-29-17-8-13(7-14(23)20(17)30-10-19(26)27)9-18-21(28)25-16-6-12(3)11(2)5-15(16)24-22(25)31-18/h5-9H,4,10H2,1-3H3,(H,26,27)/b18-9-. The lowest BCUT2D eigenvalue weighted by Crippen LogP contribution is -2.22. The number of rotatable bonds is 6. The molecule has 0 bridgehead atoms. The number of halogens is 1. The summed E-state index contributed by atoms with van der Waals surface area (Å²) in [6.45, 7) is 5.62. The molecule has 4 rings (SSSR count). The van der Waals surface area contributed by atoms with Gasteiger partial charge in [-0.1, -0.05) is 22.9 Å². The normalized spacial score (nSPS) is 12.1. The maximum atomic E-state index is 13.1. The van der Waals surface area contributed by atoms with Gasteiger partial charge in [-0.05, 0) is 67.8 Å². The zero-order valence-corrected chi connectivity index (χ0v) is 18.6. The lowest BCUT2D eigenvalue weighted by atomic mass is 10.1. The zero-order valence-electron chi connectivity index (χ0n) is 17.1. The molecule has 0 aliphatic carbocycles. The largest absolute Gasteiger partial charge is 0.490 e. The van der Waals surface area contributed by atoms with Crippen LogP contribution in [-0.4, -0.2) is 33.7 Å². The van der Waals surface area contributed by atoms with Crippen LogP contribution in [0.2, 0.25) is 5.02 Å². The second-order valence-corrected chi connectivity index (χ2v) is 8.43.